The van der Waals surface area contributed by atoms with E-state index in [1.165, 1.54) is 0 Å². The Morgan fingerprint density at radius 1 is 1.59 bits per heavy atom. The first kappa shape index (κ1) is 12.3. The second-order valence-electron chi connectivity index (χ2n) is 4.36. The topological polar surface area (TPSA) is 55.1 Å². The number of rotatable bonds is 3. The fourth-order valence-electron chi connectivity index (χ4n) is 1.75. The fourth-order valence-corrected chi connectivity index (χ4v) is 2.10. The highest BCUT2D eigenvalue weighted by molar-refractivity contribution is 7.80. The molecule has 0 spiro atoms. The molecule has 2 unspecified atom stereocenters. The number of hydrogen-bond donors (Lipinski definition) is 2. The van der Waals surface area contributed by atoms with Gasteiger partial charge in [-0.3, -0.25) is 4.79 Å². The van der Waals surface area contributed by atoms with Gasteiger partial charge < -0.3 is 11.1 Å². The Morgan fingerprint density at radius 3 is 2.76 bits per heavy atom. The van der Waals surface area contributed by atoms with Crippen LogP contribution >= 0.6 is 23.8 Å². The Hall–Kier alpha value is -1.13. The molecular weight excluding hydrogens is 256 g/mol. The van der Waals surface area contributed by atoms with Crippen LogP contribution in [0.15, 0.2) is 18.2 Å². The van der Waals surface area contributed by atoms with Gasteiger partial charge in [-0.2, -0.15) is 0 Å². The summed E-state index contributed by atoms with van der Waals surface area (Å²) in [7, 11) is 0. The minimum absolute atomic E-state index is 0.0114. The SMILES string of the molecule is CC1CC1C(=O)Nc1cc(Cl)ccc1C(N)=S. The average molecular weight is 269 g/mol. The molecule has 1 aliphatic rings. The minimum Gasteiger partial charge on any atom is -0.389 e. The van der Waals surface area contributed by atoms with Crippen molar-refractivity contribution in [2.24, 2.45) is 17.6 Å². The molecule has 0 aliphatic heterocycles. The van der Waals surface area contributed by atoms with Gasteiger partial charge in [0.25, 0.3) is 0 Å². The quantitative estimate of drug-likeness (QED) is 0.829. The van der Waals surface area contributed by atoms with Gasteiger partial charge in [-0.15, -0.1) is 0 Å². The van der Waals surface area contributed by atoms with Crippen LogP contribution in [0.2, 0.25) is 5.02 Å². The fraction of sp³-hybridized carbons (Fsp3) is 0.333. The Balaban J connectivity index is 2.21. The van der Waals surface area contributed by atoms with Crippen molar-refractivity contribution in [3.8, 4) is 0 Å². The number of carbonyl (C=O) groups is 1. The van der Waals surface area contributed by atoms with Gasteiger partial charge in [0.05, 0.1) is 5.69 Å². The number of carbonyl (C=O) groups excluding carboxylic acids is 1. The maximum Gasteiger partial charge on any atom is 0.227 e. The molecule has 1 aliphatic carbocycles. The first-order chi connectivity index (χ1) is 7.99. The summed E-state index contributed by atoms with van der Waals surface area (Å²) in [4.78, 5) is 12.1. The molecule has 1 saturated carbocycles. The zero-order valence-corrected chi connectivity index (χ0v) is 10.9. The highest BCUT2D eigenvalue weighted by atomic mass is 35.5. The Labute approximate surface area is 110 Å². The molecule has 0 saturated heterocycles. The number of hydrogen-bond acceptors (Lipinski definition) is 2. The summed E-state index contributed by atoms with van der Waals surface area (Å²) in [5.74, 6) is 0.577. The van der Waals surface area contributed by atoms with Gasteiger partial charge in [0, 0.05) is 16.5 Å². The largest absolute Gasteiger partial charge is 0.389 e. The van der Waals surface area contributed by atoms with Crippen molar-refractivity contribution in [1.29, 1.82) is 0 Å². The molecule has 1 aromatic carbocycles. The van der Waals surface area contributed by atoms with Crippen LogP contribution in [0.3, 0.4) is 0 Å². The van der Waals surface area contributed by atoms with Crippen LogP contribution in [0.5, 0.6) is 0 Å². The van der Waals surface area contributed by atoms with Crippen molar-refractivity contribution >= 4 is 40.4 Å². The van der Waals surface area contributed by atoms with E-state index in [4.69, 9.17) is 29.6 Å². The minimum atomic E-state index is 0.0114. The van der Waals surface area contributed by atoms with Gasteiger partial charge in [-0.1, -0.05) is 30.7 Å². The molecule has 1 fully saturated rings. The average Bonchev–Trinajstić information content (AvgIpc) is 2.95. The van der Waals surface area contributed by atoms with Gasteiger partial charge in [0.15, 0.2) is 0 Å². The Bertz CT molecular complexity index is 489. The van der Waals surface area contributed by atoms with Crippen molar-refractivity contribution in [1.82, 2.24) is 0 Å². The summed E-state index contributed by atoms with van der Waals surface area (Å²) < 4.78 is 0. The monoisotopic (exact) mass is 268 g/mol. The van der Waals surface area contributed by atoms with Crippen LogP contribution in [0.4, 0.5) is 5.69 Å². The van der Waals surface area contributed by atoms with Crippen LogP contribution in [0.25, 0.3) is 0 Å². The van der Waals surface area contributed by atoms with Crippen LogP contribution in [0, 0.1) is 11.8 Å². The molecule has 0 heterocycles. The van der Waals surface area contributed by atoms with Gasteiger partial charge in [0.1, 0.15) is 4.99 Å². The molecule has 3 nitrogen and oxygen atoms in total. The molecule has 2 atom stereocenters. The third-order valence-corrected chi connectivity index (χ3v) is 3.41. The summed E-state index contributed by atoms with van der Waals surface area (Å²) in [5, 5.41) is 3.38. The summed E-state index contributed by atoms with van der Waals surface area (Å²) in [5.41, 5.74) is 6.83. The summed E-state index contributed by atoms with van der Waals surface area (Å²) in [6.45, 7) is 2.05. The Kier molecular flexibility index (Phi) is 3.35. The predicted octanol–water partition coefficient (Wildman–Crippen LogP) is 2.57. The lowest BCUT2D eigenvalue weighted by molar-refractivity contribution is -0.117. The van der Waals surface area contributed by atoms with E-state index in [1.54, 1.807) is 18.2 Å². The first-order valence-electron chi connectivity index (χ1n) is 5.39. The van der Waals surface area contributed by atoms with Crippen LogP contribution in [-0.4, -0.2) is 10.9 Å². The Morgan fingerprint density at radius 2 is 2.24 bits per heavy atom. The van der Waals surface area contributed by atoms with E-state index in [-0.39, 0.29) is 16.8 Å². The maximum absolute atomic E-state index is 11.8. The third kappa shape index (κ3) is 2.76. The van der Waals surface area contributed by atoms with Gasteiger partial charge in [0.2, 0.25) is 5.91 Å². The number of benzene rings is 1. The standard InChI is InChI=1S/C12H13ClN2OS/c1-6-4-9(6)12(16)15-10-5-7(13)2-3-8(10)11(14)17/h2-3,5-6,9H,4H2,1H3,(H2,14,17)(H,15,16). The third-order valence-electron chi connectivity index (χ3n) is 2.95. The summed E-state index contributed by atoms with van der Waals surface area (Å²) >= 11 is 10.8. The van der Waals surface area contributed by atoms with Gasteiger partial charge in [-0.05, 0) is 30.5 Å². The molecule has 3 N–H and O–H groups in total. The van der Waals surface area contributed by atoms with Crippen molar-refractivity contribution in [3.63, 3.8) is 0 Å². The lowest BCUT2D eigenvalue weighted by Gasteiger charge is -2.10. The number of nitrogens with two attached hydrogens (primary N) is 1. The zero-order chi connectivity index (χ0) is 12.6. The van der Waals surface area contributed by atoms with E-state index in [0.717, 1.165) is 6.42 Å². The zero-order valence-electron chi connectivity index (χ0n) is 9.37. The van der Waals surface area contributed by atoms with E-state index >= 15 is 0 Å². The number of thiocarbonyl (C=S) groups is 1. The number of anilines is 1. The van der Waals surface area contributed by atoms with E-state index in [2.05, 4.69) is 12.2 Å². The van der Waals surface area contributed by atoms with E-state index < -0.39 is 0 Å². The molecule has 5 heteroatoms. The maximum atomic E-state index is 11.8. The highest BCUT2D eigenvalue weighted by Crippen LogP contribution is 2.38. The highest BCUT2D eigenvalue weighted by Gasteiger charge is 2.39. The lowest BCUT2D eigenvalue weighted by Crippen LogP contribution is -2.19. The molecule has 0 bridgehead atoms. The van der Waals surface area contributed by atoms with Gasteiger partial charge >= 0.3 is 0 Å². The van der Waals surface area contributed by atoms with Crippen molar-refractivity contribution in [3.05, 3.63) is 28.8 Å². The number of nitrogens with one attached hydrogen (secondary N) is 1. The second kappa shape index (κ2) is 4.63. The van der Waals surface area contributed by atoms with E-state index in [9.17, 15) is 4.79 Å². The lowest BCUT2D eigenvalue weighted by atomic mass is 10.1. The summed E-state index contributed by atoms with van der Waals surface area (Å²) in [6.07, 6.45) is 0.939. The smallest absolute Gasteiger partial charge is 0.227 e. The molecule has 17 heavy (non-hydrogen) atoms. The number of halogens is 1. The summed E-state index contributed by atoms with van der Waals surface area (Å²) in [6, 6.07) is 5.09. The van der Waals surface area contributed by atoms with Crippen LogP contribution < -0.4 is 11.1 Å². The number of amides is 1. The normalized spacial score (nSPS) is 22.0. The van der Waals surface area contributed by atoms with Crippen molar-refractivity contribution in [2.45, 2.75) is 13.3 Å². The van der Waals surface area contributed by atoms with Crippen LogP contribution in [-0.2, 0) is 4.79 Å². The molecule has 1 amide bonds. The van der Waals surface area contributed by atoms with Crippen LogP contribution in [0.1, 0.15) is 18.9 Å². The van der Waals surface area contributed by atoms with Gasteiger partial charge in [-0.25, -0.2) is 0 Å². The molecular formula is C12H13ClN2OS. The molecule has 1 aromatic rings. The van der Waals surface area contributed by atoms with Crippen molar-refractivity contribution < 1.29 is 4.79 Å². The molecule has 0 aromatic heterocycles. The van der Waals surface area contributed by atoms with Crippen molar-refractivity contribution in [2.75, 3.05) is 5.32 Å². The predicted molar refractivity (Wildman–Crippen MR) is 73.2 cm³/mol. The molecule has 90 valence electrons. The van der Waals surface area contributed by atoms with E-state index in [1.807, 2.05) is 0 Å². The molecule has 0 radical (unpaired) electrons. The van der Waals surface area contributed by atoms with E-state index in [0.29, 0.717) is 22.2 Å². The second-order valence-corrected chi connectivity index (χ2v) is 5.24. The molecule has 2 rings (SSSR count). The first-order valence-corrected chi connectivity index (χ1v) is 6.18.